The van der Waals surface area contributed by atoms with Crippen LogP contribution in [0.3, 0.4) is 0 Å². The third-order valence-corrected chi connectivity index (χ3v) is 10.8. The predicted octanol–water partition coefficient (Wildman–Crippen LogP) is 16.3. The molecule has 0 N–H and O–H groups in total. The average molecular weight is 827 g/mol. The molecular weight excluding hydrogens is 733 g/mol. The van der Waals surface area contributed by atoms with Crippen molar-refractivity contribution in [1.82, 2.24) is 0 Å². The van der Waals surface area contributed by atoms with Gasteiger partial charge in [-0.15, -0.1) is 0 Å². The van der Waals surface area contributed by atoms with Gasteiger partial charge in [0.2, 0.25) is 0 Å². The van der Waals surface area contributed by atoms with Gasteiger partial charge in [-0.25, -0.2) is 0 Å². The molecule has 1 unspecified atom stereocenters. The number of esters is 3. The third kappa shape index (κ3) is 46.3. The predicted molar refractivity (Wildman–Crippen MR) is 252 cm³/mol. The van der Waals surface area contributed by atoms with Crippen molar-refractivity contribution in [3.8, 4) is 0 Å². The Morgan fingerprint density at radius 2 is 0.661 bits per heavy atom. The largest absolute Gasteiger partial charge is 0.462 e. The van der Waals surface area contributed by atoms with Crippen LogP contribution in [-0.2, 0) is 28.6 Å². The molecule has 0 saturated heterocycles. The molecule has 0 heterocycles. The van der Waals surface area contributed by atoms with Crippen LogP contribution in [0.15, 0.2) is 48.6 Å². The van der Waals surface area contributed by atoms with E-state index in [1.54, 1.807) is 0 Å². The molecule has 6 heteroatoms. The molecule has 0 aliphatic heterocycles. The van der Waals surface area contributed by atoms with E-state index in [9.17, 15) is 14.4 Å². The quantitative estimate of drug-likeness (QED) is 0.0263. The molecule has 342 valence electrons. The van der Waals surface area contributed by atoms with Crippen LogP contribution in [0.5, 0.6) is 0 Å². The normalized spacial score (nSPS) is 12.4. The molecule has 0 aliphatic carbocycles. The van der Waals surface area contributed by atoms with Crippen LogP contribution in [0, 0.1) is 0 Å². The summed E-state index contributed by atoms with van der Waals surface area (Å²) in [5, 5.41) is 0. The SMILES string of the molecule is CC/C=C\C/C=C\C/C=C\C/C=C\CCCCC(=O)OCC(COC(=O)CCCCCCCCCCCCC)OC(=O)CCCCCCCCCCCCCCCCC. The molecule has 0 spiro atoms. The molecule has 0 aliphatic rings. The first-order chi connectivity index (χ1) is 29.0. The number of carbonyl (C=O) groups is 3. The van der Waals surface area contributed by atoms with Gasteiger partial charge in [-0.05, 0) is 57.8 Å². The standard InChI is InChI=1S/C53H94O6/c1-4-7-10-13-16-19-22-24-26-28-31-34-37-40-43-46-52(55)58-49-50(48-57-51(54)45-42-39-36-33-30-21-18-15-12-9-6-3)59-53(56)47-44-41-38-35-32-29-27-25-23-20-17-14-11-8-5-2/h7,10,16,19,24,26,31,34,50H,4-6,8-9,11-15,17-18,20-23,25,27-30,32-33,35-49H2,1-3H3/b10-7-,19-16-,26-24-,34-31-. The van der Waals surface area contributed by atoms with Crippen molar-refractivity contribution in [3.63, 3.8) is 0 Å². The van der Waals surface area contributed by atoms with E-state index in [0.717, 1.165) is 83.5 Å². The van der Waals surface area contributed by atoms with E-state index >= 15 is 0 Å². The maximum Gasteiger partial charge on any atom is 0.306 e. The first-order valence-electron chi connectivity index (χ1n) is 25.1. The van der Waals surface area contributed by atoms with Gasteiger partial charge in [0, 0.05) is 19.3 Å². The van der Waals surface area contributed by atoms with Crippen LogP contribution >= 0.6 is 0 Å². The average Bonchev–Trinajstić information content (AvgIpc) is 3.23. The highest BCUT2D eigenvalue weighted by Gasteiger charge is 2.19. The first-order valence-corrected chi connectivity index (χ1v) is 25.1. The smallest absolute Gasteiger partial charge is 0.306 e. The van der Waals surface area contributed by atoms with Crippen LogP contribution in [0.4, 0.5) is 0 Å². The summed E-state index contributed by atoms with van der Waals surface area (Å²) in [6.07, 6.45) is 56.6. The van der Waals surface area contributed by atoms with Gasteiger partial charge >= 0.3 is 17.9 Å². The van der Waals surface area contributed by atoms with Crippen molar-refractivity contribution in [1.29, 1.82) is 0 Å². The summed E-state index contributed by atoms with van der Waals surface area (Å²) in [6, 6.07) is 0. The number of unbranched alkanes of at least 4 members (excludes halogenated alkanes) is 26. The zero-order valence-electron chi connectivity index (χ0n) is 39.0. The van der Waals surface area contributed by atoms with E-state index in [0.29, 0.717) is 19.3 Å². The number of hydrogen-bond donors (Lipinski definition) is 0. The zero-order chi connectivity index (χ0) is 43.0. The minimum absolute atomic E-state index is 0.0828. The highest BCUT2D eigenvalue weighted by Crippen LogP contribution is 2.15. The zero-order valence-corrected chi connectivity index (χ0v) is 39.0. The molecular formula is C53H94O6. The van der Waals surface area contributed by atoms with Gasteiger partial charge in [-0.3, -0.25) is 14.4 Å². The van der Waals surface area contributed by atoms with Crippen LogP contribution in [-0.4, -0.2) is 37.2 Å². The van der Waals surface area contributed by atoms with E-state index < -0.39 is 6.10 Å². The lowest BCUT2D eigenvalue weighted by Gasteiger charge is -2.18. The summed E-state index contributed by atoms with van der Waals surface area (Å²) >= 11 is 0. The summed E-state index contributed by atoms with van der Waals surface area (Å²) < 4.78 is 16.7. The van der Waals surface area contributed by atoms with E-state index in [1.807, 2.05) is 0 Å². The third-order valence-electron chi connectivity index (χ3n) is 10.8. The van der Waals surface area contributed by atoms with Crippen molar-refractivity contribution in [2.75, 3.05) is 13.2 Å². The fourth-order valence-electron chi connectivity index (χ4n) is 7.08. The second-order valence-corrected chi connectivity index (χ2v) is 16.7. The maximum atomic E-state index is 12.8. The Kier molecular flexibility index (Phi) is 45.9. The second kappa shape index (κ2) is 48.0. The summed E-state index contributed by atoms with van der Waals surface area (Å²) in [5.41, 5.74) is 0. The van der Waals surface area contributed by atoms with E-state index in [-0.39, 0.29) is 31.1 Å². The highest BCUT2D eigenvalue weighted by molar-refractivity contribution is 5.71. The summed E-state index contributed by atoms with van der Waals surface area (Å²) in [5.74, 6) is -0.919. The lowest BCUT2D eigenvalue weighted by molar-refractivity contribution is -0.167. The Morgan fingerprint density at radius 1 is 0.356 bits per heavy atom. The molecule has 6 nitrogen and oxygen atoms in total. The minimum Gasteiger partial charge on any atom is -0.462 e. The van der Waals surface area contributed by atoms with E-state index in [1.165, 1.54) is 128 Å². The topological polar surface area (TPSA) is 78.9 Å². The van der Waals surface area contributed by atoms with E-state index in [2.05, 4.69) is 69.4 Å². The Balaban J connectivity index is 4.41. The second-order valence-electron chi connectivity index (χ2n) is 16.7. The molecule has 0 radical (unpaired) electrons. The van der Waals surface area contributed by atoms with Crippen molar-refractivity contribution < 1.29 is 28.6 Å². The molecule has 0 saturated carbocycles. The van der Waals surface area contributed by atoms with Crippen molar-refractivity contribution in [3.05, 3.63) is 48.6 Å². The van der Waals surface area contributed by atoms with Crippen LogP contribution in [0.2, 0.25) is 0 Å². The van der Waals surface area contributed by atoms with Gasteiger partial charge in [0.1, 0.15) is 13.2 Å². The van der Waals surface area contributed by atoms with Gasteiger partial charge < -0.3 is 14.2 Å². The monoisotopic (exact) mass is 827 g/mol. The van der Waals surface area contributed by atoms with Crippen molar-refractivity contribution in [2.24, 2.45) is 0 Å². The van der Waals surface area contributed by atoms with Gasteiger partial charge in [-0.1, -0.05) is 223 Å². The van der Waals surface area contributed by atoms with Crippen LogP contribution in [0.25, 0.3) is 0 Å². The highest BCUT2D eigenvalue weighted by atomic mass is 16.6. The van der Waals surface area contributed by atoms with Gasteiger partial charge in [0.05, 0.1) is 0 Å². The number of hydrogen-bond acceptors (Lipinski definition) is 6. The number of rotatable bonds is 45. The molecule has 0 aromatic rings. The fourth-order valence-corrected chi connectivity index (χ4v) is 7.08. The first kappa shape index (κ1) is 56.4. The Bertz CT molecular complexity index is 1040. The molecule has 59 heavy (non-hydrogen) atoms. The Labute approximate surface area is 365 Å². The maximum absolute atomic E-state index is 12.8. The van der Waals surface area contributed by atoms with Crippen molar-refractivity contribution in [2.45, 2.75) is 258 Å². The fraction of sp³-hybridized carbons (Fsp3) is 0.792. The number of carbonyl (C=O) groups excluding carboxylic acids is 3. The van der Waals surface area contributed by atoms with Crippen molar-refractivity contribution >= 4 is 17.9 Å². The van der Waals surface area contributed by atoms with Gasteiger partial charge in [0.15, 0.2) is 6.10 Å². The van der Waals surface area contributed by atoms with Gasteiger partial charge in [-0.2, -0.15) is 0 Å². The van der Waals surface area contributed by atoms with Gasteiger partial charge in [0.25, 0.3) is 0 Å². The molecule has 0 aromatic carbocycles. The van der Waals surface area contributed by atoms with Crippen LogP contribution < -0.4 is 0 Å². The number of ether oxygens (including phenoxy) is 3. The molecule has 0 amide bonds. The summed E-state index contributed by atoms with van der Waals surface area (Å²) in [4.78, 5) is 37.9. The molecule has 0 aromatic heterocycles. The van der Waals surface area contributed by atoms with Crippen LogP contribution in [0.1, 0.15) is 252 Å². The molecule has 0 bridgehead atoms. The molecule has 1 atom stereocenters. The Hall–Kier alpha value is -2.63. The summed E-state index contributed by atoms with van der Waals surface area (Å²) in [6.45, 7) is 6.49. The lowest BCUT2D eigenvalue weighted by Crippen LogP contribution is -2.30. The van der Waals surface area contributed by atoms with E-state index in [4.69, 9.17) is 14.2 Å². The Morgan fingerprint density at radius 3 is 1.03 bits per heavy atom. The minimum atomic E-state index is -0.784. The number of allylic oxidation sites excluding steroid dienone is 8. The summed E-state index contributed by atoms with van der Waals surface area (Å²) in [7, 11) is 0. The molecule has 0 rings (SSSR count). The molecule has 0 fully saturated rings. The lowest BCUT2D eigenvalue weighted by atomic mass is 10.0.